The fourth-order valence-corrected chi connectivity index (χ4v) is 3.12. The molecule has 0 saturated carbocycles. The second-order valence-electron chi connectivity index (χ2n) is 7.04. The standard InChI is InChI=1S/C18H21N5O5/c1-18(9-8-12-6-4-3-5-7-12)15(26)23(16(27)19-18)20-13(24)10-22-14(25)11-21(2)17(22)28/h3-7H,8-11H2,1-2H3,(H,19,27)(H,20,24)/t18-/m1/s1. The first-order chi connectivity index (χ1) is 13.2. The molecule has 2 fully saturated rings. The Labute approximate surface area is 161 Å². The number of hydrogen-bond donors (Lipinski definition) is 2. The molecule has 1 aromatic carbocycles. The maximum absolute atomic E-state index is 12.7. The highest BCUT2D eigenvalue weighted by molar-refractivity contribution is 6.08. The van der Waals surface area contributed by atoms with Gasteiger partial charge in [-0.2, -0.15) is 5.01 Å². The van der Waals surface area contributed by atoms with Crippen LogP contribution in [-0.2, 0) is 20.8 Å². The zero-order chi connectivity index (χ0) is 20.5. The zero-order valence-electron chi connectivity index (χ0n) is 15.6. The quantitative estimate of drug-likeness (QED) is 0.658. The van der Waals surface area contributed by atoms with Gasteiger partial charge in [-0.15, -0.1) is 0 Å². The summed E-state index contributed by atoms with van der Waals surface area (Å²) in [5.74, 6) is -1.93. The fraction of sp³-hybridized carbons (Fsp3) is 0.389. The van der Waals surface area contributed by atoms with Crippen molar-refractivity contribution in [3.05, 3.63) is 35.9 Å². The van der Waals surface area contributed by atoms with Gasteiger partial charge < -0.3 is 10.2 Å². The number of carbonyl (C=O) groups is 5. The summed E-state index contributed by atoms with van der Waals surface area (Å²) in [5, 5.41) is 3.19. The number of imide groups is 2. The van der Waals surface area contributed by atoms with E-state index in [2.05, 4.69) is 10.7 Å². The van der Waals surface area contributed by atoms with Gasteiger partial charge in [0.05, 0.1) is 0 Å². The van der Waals surface area contributed by atoms with Crippen molar-refractivity contribution in [3.63, 3.8) is 0 Å². The van der Waals surface area contributed by atoms with E-state index in [4.69, 9.17) is 0 Å². The number of aryl methyl sites for hydroxylation is 1. The highest BCUT2D eigenvalue weighted by Gasteiger charge is 2.48. The van der Waals surface area contributed by atoms with Gasteiger partial charge in [-0.25, -0.2) is 9.59 Å². The number of nitrogens with zero attached hydrogens (tertiary/aromatic N) is 3. The molecule has 0 bridgehead atoms. The number of amides is 7. The second-order valence-corrected chi connectivity index (χ2v) is 7.04. The van der Waals surface area contributed by atoms with Crippen LogP contribution in [0, 0.1) is 0 Å². The third kappa shape index (κ3) is 3.66. The van der Waals surface area contributed by atoms with Crippen molar-refractivity contribution in [1.29, 1.82) is 0 Å². The van der Waals surface area contributed by atoms with E-state index in [1.807, 2.05) is 30.3 Å². The molecule has 2 aliphatic heterocycles. The molecule has 1 aromatic rings. The van der Waals surface area contributed by atoms with Gasteiger partial charge in [0.1, 0.15) is 18.6 Å². The Bertz CT molecular complexity index is 842. The van der Waals surface area contributed by atoms with E-state index >= 15 is 0 Å². The first-order valence-electron chi connectivity index (χ1n) is 8.77. The lowest BCUT2D eigenvalue weighted by Gasteiger charge is -2.22. The molecule has 1 atom stereocenters. The van der Waals surface area contributed by atoms with Crippen LogP contribution >= 0.6 is 0 Å². The third-order valence-corrected chi connectivity index (χ3v) is 4.79. The molecule has 2 N–H and O–H groups in total. The molecule has 2 saturated heterocycles. The Kier molecular flexibility index (Phi) is 5.04. The molecule has 2 aliphatic rings. The largest absolute Gasteiger partial charge is 0.344 e. The van der Waals surface area contributed by atoms with Gasteiger partial charge in [0.15, 0.2) is 0 Å². The van der Waals surface area contributed by atoms with E-state index in [0.29, 0.717) is 17.9 Å². The van der Waals surface area contributed by atoms with Crippen LogP contribution in [-0.4, -0.2) is 70.3 Å². The number of hydrazine groups is 1. The number of urea groups is 2. The van der Waals surface area contributed by atoms with Crippen molar-refractivity contribution in [2.24, 2.45) is 0 Å². The van der Waals surface area contributed by atoms with E-state index in [1.165, 1.54) is 11.9 Å². The molecule has 7 amide bonds. The highest BCUT2D eigenvalue weighted by Crippen LogP contribution is 2.22. The van der Waals surface area contributed by atoms with Crippen molar-refractivity contribution in [2.45, 2.75) is 25.3 Å². The molecule has 0 spiro atoms. The lowest BCUT2D eigenvalue weighted by Crippen LogP contribution is -2.52. The predicted molar refractivity (Wildman–Crippen MR) is 96.4 cm³/mol. The van der Waals surface area contributed by atoms with Crippen LogP contribution in [0.4, 0.5) is 9.59 Å². The van der Waals surface area contributed by atoms with Crippen molar-refractivity contribution >= 4 is 29.8 Å². The van der Waals surface area contributed by atoms with E-state index in [9.17, 15) is 24.0 Å². The van der Waals surface area contributed by atoms with E-state index in [0.717, 1.165) is 10.5 Å². The molecule has 0 radical (unpaired) electrons. The summed E-state index contributed by atoms with van der Waals surface area (Å²) >= 11 is 0. The molecule has 2 heterocycles. The Balaban J connectivity index is 1.61. The zero-order valence-corrected chi connectivity index (χ0v) is 15.6. The smallest absolute Gasteiger partial charge is 0.322 e. The summed E-state index contributed by atoms with van der Waals surface area (Å²) in [6.07, 6.45) is 0.913. The van der Waals surface area contributed by atoms with Crippen molar-refractivity contribution in [1.82, 2.24) is 25.6 Å². The maximum atomic E-state index is 12.7. The Morgan fingerprint density at radius 2 is 1.86 bits per heavy atom. The topological polar surface area (TPSA) is 119 Å². The number of benzene rings is 1. The SMILES string of the molecule is CN1CC(=O)N(CC(=O)NN2C(=O)N[C@](C)(CCc3ccccc3)C2=O)C1=O. The van der Waals surface area contributed by atoms with E-state index in [-0.39, 0.29) is 6.54 Å². The minimum atomic E-state index is -1.17. The maximum Gasteiger partial charge on any atom is 0.344 e. The molecule has 0 aliphatic carbocycles. The average Bonchev–Trinajstić information content (AvgIpc) is 3.02. The Morgan fingerprint density at radius 1 is 1.18 bits per heavy atom. The van der Waals surface area contributed by atoms with Crippen LogP contribution in [0.1, 0.15) is 18.9 Å². The lowest BCUT2D eigenvalue weighted by atomic mass is 9.93. The fourth-order valence-electron chi connectivity index (χ4n) is 3.12. The second kappa shape index (κ2) is 7.29. The molecule has 3 rings (SSSR count). The first kappa shape index (κ1) is 19.3. The predicted octanol–water partition coefficient (Wildman–Crippen LogP) is -0.145. The van der Waals surface area contributed by atoms with Gasteiger partial charge in [-0.1, -0.05) is 30.3 Å². The van der Waals surface area contributed by atoms with Crippen LogP contribution in [0.3, 0.4) is 0 Å². The molecular formula is C18H21N5O5. The van der Waals surface area contributed by atoms with Gasteiger partial charge in [-0.05, 0) is 25.3 Å². The summed E-state index contributed by atoms with van der Waals surface area (Å²) in [5.41, 5.74) is 2.03. The minimum Gasteiger partial charge on any atom is -0.322 e. The van der Waals surface area contributed by atoms with Crippen LogP contribution in [0.15, 0.2) is 30.3 Å². The van der Waals surface area contributed by atoms with Crippen molar-refractivity contribution in [2.75, 3.05) is 20.1 Å². The molecule has 10 nitrogen and oxygen atoms in total. The lowest BCUT2D eigenvalue weighted by molar-refractivity contribution is -0.139. The summed E-state index contributed by atoms with van der Waals surface area (Å²) in [6.45, 7) is 0.900. The third-order valence-electron chi connectivity index (χ3n) is 4.79. The first-order valence-corrected chi connectivity index (χ1v) is 8.77. The van der Waals surface area contributed by atoms with Crippen molar-refractivity contribution in [3.8, 4) is 0 Å². The monoisotopic (exact) mass is 387 g/mol. The summed E-state index contributed by atoms with van der Waals surface area (Å²) < 4.78 is 0. The van der Waals surface area contributed by atoms with Gasteiger partial charge in [-0.3, -0.25) is 24.7 Å². The molecule has 28 heavy (non-hydrogen) atoms. The van der Waals surface area contributed by atoms with Crippen LogP contribution in [0.5, 0.6) is 0 Å². The number of nitrogens with one attached hydrogen (secondary N) is 2. The van der Waals surface area contributed by atoms with Gasteiger partial charge in [0, 0.05) is 7.05 Å². The number of carbonyl (C=O) groups excluding carboxylic acids is 5. The van der Waals surface area contributed by atoms with E-state index in [1.54, 1.807) is 6.92 Å². The number of rotatable bonds is 6. The van der Waals surface area contributed by atoms with Crippen LogP contribution in [0.2, 0.25) is 0 Å². The summed E-state index contributed by atoms with van der Waals surface area (Å²) in [6, 6.07) is 8.14. The van der Waals surface area contributed by atoms with Gasteiger partial charge in [0.25, 0.3) is 17.7 Å². The van der Waals surface area contributed by atoms with Gasteiger partial charge in [0.2, 0.25) is 0 Å². The minimum absolute atomic E-state index is 0.118. The molecular weight excluding hydrogens is 366 g/mol. The normalized spacial score (nSPS) is 22.1. The van der Waals surface area contributed by atoms with Gasteiger partial charge >= 0.3 is 12.1 Å². The average molecular weight is 387 g/mol. The Hall–Kier alpha value is -3.43. The Morgan fingerprint density at radius 3 is 2.46 bits per heavy atom. The molecule has 0 aromatic heterocycles. The van der Waals surface area contributed by atoms with Crippen LogP contribution in [0.25, 0.3) is 0 Å². The number of likely N-dealkylation sites (N-methyl/N-ethyl adjacent to an activating group) is 1. The molecule has 148 valence electrons. The molecule has 0 unspecified atom stereocenters. The highest BCUT2D eigenvalue weighted by atomic mass is 16.2. The summed E-state index contributed by atoms with van der Waals surface area (Å²) in [4.78, 5) is 62.6. The molecule has 10 heteroatoms. The van der Waals surface area contributed by atoms with Crippen LogP contribution < -0.4 is 10.7 Å². The van der Waals surface area contributed by atoms with Crippen molar-refractivity contribution < 1.29 is 24.0 Å². The van der Waals surface area contributed by atoms with E-state index < -0.39 is 41.9 Å². The summed E-state index contributed by atoms with van der Waals surface area (Å²) in [7, 11) is 1.44. The number of hydrogen-bond acceptors (Lipinski definition) is 5.